The normalized spacial score (nSPS) is 19.0. The second-order valence-corrected chi connectivity index (χ2v) is 16.7. The molecule has 4 rings (SSSR count). The van der Waals surface area contributed by atoms with Gasteiger partial charge in [0.25, 0.3) is 21.2 Å². The first kappa shape index (κ1) is 43.5. The number of aromatic nitrogens is 8. The number of imidazole rings is 2. The van der Waals surface area contributed by atoms with Crippen molar-refractivity contribution in [1.29, 1.82) is 0 Å². The van der Waals surface area contributed by atoms with E-state index in [1.807, 2.05) is 0 Å². The molecule has 10 N–H and O–H groups in total. The maximum Gasteiger partial charge on any atom is 0.280 e. The Morgan fingerprint density at radius 1 is 0.741 bits per heavy atom. The molecule has 30 nitrogen and oxygen atoms in total. The molecule has 4 unspecified atom stereocenters. The van der Waals surface area contributed by atoms with Gasteiger partial charge in [0.05, 0.1) is 52.3 Å². The average molecular weight is 851 g/mol. The first-order valence-corrected chi connectivity index (χ1v) is 20.4. The molecule has 0 aliphatic heterocycles. The topological polar surface area (TPSA) is 468 Å². The molecular formula is C20H29N11O19P4-4. The highest BCUT2D eigenvalue weighted by atomic mass is 31.3. The van der Waals surface area contributed by atoms with Gasteiger partial charge in [-0.2, -0.15) is 9.84 Å². The van der Waals surface area contributed by atoms with E-state index in [1.165, 1.54) is 0 Å². The zero-order valence-electron chi connectivity index (χ0n) is 26.8. The Hall–Kier alpha value is -3.18. The summed E-state index contributed by atoms with van der Waals surface area (Å²) in [4.78, 5) is 82.8. The molecule has 8 atom stereocenters. The SMILES string of the molecule is Nc1nc2c(ncn2[C@@H](CO)O[C@@H](CO)COP(=O)([O-])OP(=O)([O-])NP(=O)([O-])OP(=O)([O-])OC[C@H](CO)O[C@H](CO)n2cnc3c(N)ncnc32)c(=O)[nH]1. The van der Waals surface area contributed by atoms with E-state index in [1.54, 1.807) is 0 Å². The van der Waals surface area contributed by atoms with E-state index in [0.29, 0.717) is 4.86 Å². The number of nitrogens with zero attached hydrogens (tertiary/aromatic N) is 7. The number of rotatable bonds is 22. The highest BCUT2D eigenvalue weighted by molar-refractivity contribution is 7.72. The standard InChI is InChI=1S/C20H33N11O19P4/c21-16-14-17(24-7-23-16)30(8-25-14)12(3-34)47-10(1-32)5-45-53(41,42)49-51(37,38)29-52(39,40)50-54(43,44)46-6-11(2-33)48-13(4-35)31-9-26-15-18(31)27-20(22)28-19(15)36/h7-13,32-35H,1-6H2,(H,41,42)(H,43,44)(H2,21,23,24)(H3,22,27,28,36)(H3,29,37,38,39,40)/p-4/t10-,11-,12+,13+/m0/s1. The van der Waals surface area contributed by atoms with Gasteiger partial charge in [0.1, 0.15) is 24.1 Å². The van der Waals surface area contributed by atoms with Gasteiger partial charge in [0.15, 0.2) is 35.1 Å². The fourth-order valence-corrected chi connectivity index (χ4v) is 9.52. The molecule has 0 radical (unpaired) electrons. The lowest BCUT2D eigenvalue weighted by atomic mass is 10.4. The molecule has 34 heteroatoms. The summed E-state index contributed by atoms with van der Waals surface area (Å²) in [5, 5.41) is 38.8. The van der Waals surface area contributed by atoms with Gasteiger partial charge in [-0.15, -0.1) is 0 Å². The third-order valence-electron chi connectivity index (χ3n) is 6.37. The monoisotopic (exact) mass is 851 g/mol. The Labute approximate surface area is 299 Å². The highest BCUT2D eigenvalue weighted by Gasteiger charge is 2.30. The lowest BCUT2D eigenvalue weighted by Crippen LogP contribution is -2.31. The lowest BCUT2D eigenvalue weighted by Gasteiger charge is -2.38. The van der Waals surface area contributed by atoms with Gasteiger partial charge in [-0.25, -0.2) is 19.9 Å². The molecule has 0 aliphatic carbocycles. The van der Waals surface area contributed by atoms with Crippen LogP contribution < -0.4 is 41.5 Å². The molecule has 0 saturated carbocycles. The summed E-state index contributed by atoms with van der Waals surface area (Å²) in [5.41, 5.74) is 10.2. The average Bonchev–Trinajstić information content (AvgIpc) is 3.69. The predicted molar refractivity (Wildman–Crippen MR) is 166 cm³/mol. The minimum Gasteiger partial charge on any atom is -0.766 e. The summed E-state index contributed by atoms with van der Waals surface area (Å²) in [6.07, 6.45) is -3.04. The third-order valence-corrected chi connectivity index (χ3v) is 12.6. The van der Waals surface area contributed by atoms with E-state index in [9.17, 15) is 63.1 Å². The molecule has 0 saturated heterocycles. The molecule has 4 aromatic heterocycles. The van der Waals surface area contributed by atoms with Crippen molar-refractivity contribution in [1.82, 2.24) is 43.9 Å². The van der Waals surface area contributed by atoms with E-state index >= 15 is 0 Å². The molecule has 0 aliphatic rings. The van der Waals surface area contributed by atoms with Gasteiger partial charge in [-0.3, -0.25) is 45.8 Å². The maximum absolute atomic E-state index is 12.2. The number of nitrogen functional groups attached to an aromatic ring is 2. The summed E-state index contributed by atoms with van der Waals surface area (Å²) < 4.78 is 77.8. The number of anilines is 2. The number of H-pyrrole nitrogens is 1. The number of aliphatic hydroxyl groups excluding tert-OH is 4. The van der Waals surface area contributed by atoms with Crippen LogP contribution in [0.2, 0.25) is 0 Å². The van der Waals surface area contributed by atoms with Crippen LogP contribution in [0.3, 0.4) is 0 Å². The molecule has 0 spiro atoms. The molecular weight excluding hydrogens is 822 g/mol. The smallest absolute Gasteiger partial charge is 0.280 e. The Balaban J connectivity index is 1.31. The van der Waals surface area contributed by atoms with E-state index in [4.69, 9.17) is 20.9 Å². The molecule has 302 valence electrons. The molecule has 0 amide bonds. The molecule has 54 heavy (non-hydrogen) atoms. The van der Waals surface area contributed by atoms with Gasteiger partial charge in [0.2, 0.25) is 21.4 Å². The van der Waals surface area contributed by atoms with Gasteiger partial charge in [-0.1, -0.05) is 0 Å². The van der Waals surface area contributed by atoms with Crippen molar-refractivity contribution >= 4 is 65.2 Å². The van der Waals surface area contributed by atoms with Gasteiger partial charge < -0.3 is 70.0 Å². The van der Waals surface area contributed by atoms with Crippen LogP contribution in [0.25, 0.3) is 22.3 Å². The largest absolute Gasteiger partial charge is 0.766 e. The number of hydrogen-bond donors (Lipinski definition) is 8. The van der Waals surface area contributed by atoms with Crippen molar-refractivity contribution in [2.24, 2.45) is 0 Å². The van der Waals surface area contributed by atoms with Crippen LogP contribution in [0, 0.1) is 0 Å². The number of nitrogens with two attached hydrogens (primary N) is 2. The summed E-state index contributed by atoms with van der Waals surface area (Å²) >= 11 is 0. The van der Waals surface area contributed by atoms with Crippen LogP contribution in [0.4, 0.5) is 11.8 Å². The van der Waals surface area contributed by atoms with E-state index in [-0.39, 0.29) is 34.1 Å². The number of nitrogens with one attached hydrogen (secondary N) is 2. The first-order chi connectivity index (χ1) is 25.2. The molecule has 0 aromatic carbocycles. The number of phosphoric ester groups is 2. The van der Waals surface area contributed by atoms with Crippen LogP contribution in [-0.2, 0) is 45.4 Å². The van der Waals surface area contributed by atoms with Crippen molar-refractivity contribution in [3.63, 3.8) is 0 Å². The van der Waals surface area contributed by atoms with Crippen molar-refractivity contribution < 1.29 is 85.4 Å². The first-order valence-electron chi connectivity index (χ1n) is 14.4. The van der Waals surface area contributed by atoms with E-state index in [2.05, 4.69) is 47.6 Å². The summed E-state index contributed by atoms with van der Waals surface area (Å²) in [5.74, 6) is -0.376. The minimum absolute atomic E-state index is 0.0317. The highest BCUT2D eigenvalue weighted by Crippen LogP contribution is 2.61. The van der Waals surface area contributed by atoms with Crippen LogP contribution in [-0.4, -0.2) is 111 Å². The van der Waals surface area contributed by atoms with Crippen LogP contribution in [0.1, 0.15) is 12.5 Å². The molecule has 0 fully saturated rings. The minimum atomic E-state index is -6.36. The van der Waals surface area contributed by atoms with E-state index < -0.39 is 101 Å². The predicted octanol–water partition coefficient (Wildman–Crippen LogP) is -5.61. The summed E-state index contributed by atoms with van der Waals surface area (Å²) in [7, 11) is -24.9. The Morgan fingerprint density at radius 3 is 1.70 bits per heavy atom. The van der Waals surface area contributed by atoms with Crippen molar-refractivity contribution in [3.8, 4) is 0 Å². The third kappa shape index (κ3) is 11.4. The molecule has 0 bridgehead atoms. The van der Waals surface area contributed by atoms with Crippen molar-refractivity contribution in [3.05, 3.63) is 29.3 Å². The zero-order chi connectivity index (χ0) is 40.1. The van der Waals surface area contributed by atoms with Crippen molar-refractivity contribution in [2.45, 2.75) is 24.7 Å². The van der Waals surface area contributed by atoms with Gasteiger partial charge in [0, 0.05) is 0 Å². The number of fused-ring (bicyclic) bond motifs is 2. The Kier molecular flexibility index (Phi) is 14.3. The van der Waals surface area contributed by atoms with E-state index in [0.717, 1.165) is 28.1 Å². The second kappa shape index (κ2) is 17.7. The molecule has 4 heterocycles. The van der Waals surface area contributed by atoms with Gasteiger partial charge in [-0.05, 0) is 0 Å². The van der Waals surface area contributed by atoms with Crippen LogP contribution in [0.15, 0.2) is 23.8 Å². The Bertz CT molecular complexity index is 2170. The van der Waals surface area contributed by atoms with Crippen molar-refractivity contribution in [2.75, 3.05) is 51.1 Å². The number of aliphatic hydroxyl groups is 4. The number of ether oxygens (including phenoxy) is 2. The number of phosphoric acid groups is 2. The second-order valence-electron chi connectivity index (χ2n) is 10.3. The fourth-order valence-electron chi connectivity index (χ4n) is 4.19. The zero-order valence-corrected chi connectivity index (χ0v) is 30.3. The summed E-state index contributed by atoms with van der Waals surface area (Å²) in [6, 6.07) is 0. The van der Waals surface area contributed by atoms with Crippen LogP contribution >= 0.6 is 31.1 Å². The lowest BCUT2D eigenvalue weighted by molar-refractivity contribution is -0.238. The quantitative estimate of drug-likeness (QED) is 0.0342. The van der Waals surface area contributed by atoms with Gasteiger partial charge >= 0.3 is 0 Å². The number of hydrogen-bond acceptors (Lipinski definition) is 26. The Morgan fingerprint density at radius 2 is 1.22 bits per heavy atom. The fraction of sp³-hybridized carbons (Fsp3) is 0.500. The maximum atomic E-state index is 12.2. The number of aromatic amines is 1. The van der Waals surface area contributed by atoms with Crippen LogP contribution in [0.5, 0.6) is 0 Å². The summed E-state index contributed by atoms with van der Waals surface area (Å²) in [6.45, 7) is -6.14. The molecule has 4 aromatic rings.